The lowest BCUT2D eigenvalue weighted by atomic mass is 10.1. The van der Waals surface area contributed by atoms with Gasteiger partial charge in [0.05, 0.1) is 12.4 Å². The maximum absolute atomic E-state index is 12.8. The Morgan fingerprint density at radius 2 is 2.21 bits per heavy atom. The number of carbonyl (C=O) groups excluding carboxylic acids is 1. The van der Waals surface area contributed by atoms with Crippen molar-refractivity contribution in [1.29, 1.82) is 0 Å². The van der Waals surface area contributed by atoms with Gasteiger partial charge in [-0.25, -0.2) is 4.98 Å². The van der Waals surface area contributed by atoms with Crippen LogP contribution in [0, 0.1) is 0 Å². The van der Waals surface area contributed by atoms with E-state index in [9.17, 15) is 4.79 Å². The SMILES string of the molecule is O=C(Cn1ccc2ccc(Cl)cc21)N1CCCC(n2ccnc2)C1. The third-order valence-corrected chi connectivity index (χ3v) is 4.97. The number of halogens is 1. The second-order valence-corrected chi connectivity index (χ2v) is 6.73. The van der Waals surface area contributed by atoms with E-state index in [-0.39, 0.29) is 5.91 Å². The highest BCUT2D eigenvalue weighted by atomic mass is 35.5. The molecule has 4 rings (SSSR count). The third-order valence-electron chi connectivity index (χ3n) is 4.74. The standard InChI is InChI=1S/C18H19ClN4O/c19-15-4-3-14-5-8-21(17(14)10-15)12-18(24)22-7-1-2-16(11-22)23-9-6-20-13-23/h3-6,8-10,13,16H,1-2,7,11-12H2. The zero-order valence-electron chi connectivity index (χ0n) is 13.3. The van der Waals surface area contributed by atoms with Gasteiger partial charge >= 0.3 is 0 Å². The molecule has 1 amide bonds. The average molecular weight is 343 g/mol. The van der Waals surface area contributed by atoms with Crippen LogP contribution in [0.3, 0.4) is 0 Å². The summed E-state index contributed by atoms with van der Waals surface area (Å²) in [6.07, 6.45) is 9.65. The summed E-state index contributed by atoms with van der Waals surface area (Å²) >= 11 is 6.09. The summed E-state index contributed by atoms with van der Waals surface area (Å²) in [6, 6.07) is 8.10. The molecule has 0 spiro atoms. The van der Waals surface area contributed by atoms with Gasteiger partial charge in [-0.3, -0.25) is 4.79 Å². The van der Waals surface area contributed by atoms with Crippen molar-refractivity contribution in [3.05, 3.63) is 54.2 Å². The Labute approximate surface area is 145 Å². The van der Waals surface area contributed by atoms with Gasteiger partial charge in [0.15, 0.2) is 0 Å². The Hall–Kier alpha value is -2.27. The second-order valence-electron chi connectivity index (χ2n) is 6.29. The molecule has 0 N–H and O–H groups in total. The Balaban J connectivity index is 1.50. The Bertz CT molecular complexity index is 855. The molecule has 3 heterocycles. The lowest BCUT2D eigenvalue weighted by Crippen LogP contribution is -2.42. The van der Waals surface area contributed by atoms with Crippen LogP contribution in [0.2, 0.25) is 5.02 Å². The fraction of sp³-hybridized carbons (Fsp3) is 0.333. The molecule has 5 nitrogen and oxygen atoms in total. The maximum Gasteiger partial charge on any atom is 0.242 e. The van der Waals surface area contributed by atoms with Crippen LogP contribution >= 0.6 is 11.6 Å². The number of carbonyl (C=O) groups is 1. The fourth-order valence-corrected chi connectivity index (χ4v) is 3.62. The second kappa shape index (κ2) is 6.32. The summed E-state index contributed by atoms with van der Waals surface area (Å²) in [5.74, 6) is 0.150. The van der Waals surface area contributed by atoms with Crippen molar-refractivity contribution in [3.63, 3.8) is 0 Å². The molecule has 0 saturated carbocycles. The highest BCUT2D eigenvalue weighted by Crippen LogP contribution is 2.23. The zero-order valence-corrected chi connectivity index (χ0v) is 14.1. The predicted molar refractivity (Wildman–Crippen MR) is 94.0 cm³/mol. The monoisotopic (exact) mass is 342 g/mol. The van der Waals surface area contributed by atoms with Gasteiger partial charge in [0.2, 0.25) is 5.91 Å². The van der Waals surface area contributed by atoms with Gasteiger partial charge in [0.25, 0.3) is 0 Å². The molecular weight excluding hydrogens is 324 g/mol. The molecule has 1 atom stereocenters. The number of nitrogens with zero attached hydrogens (tertiary/aromatic N) is 4. The highest BCUT2D eigenvalue weighted by Gasteiger charge is 2.24. The largest absolute Gasteiger partial charge is 0.339 e. The molecule has 6 heteroatoms. The zero-order chi connectivity index (χ0) is 16.5. The van der Waals surface area contributed by atoms with Crippen molar-refractivity contribution in [2.75, 3.05) is 13.1 Å². The van der Waals surface area contributed by atoms with E-state index >= 15 is 0 Å². The highest BCUT2D eigenvalue weighted by molar-refractivity contribution is 6.31. The van der Waals surface area contributed by atoms with Crippen molar-refractivity contribution in [3.8, 4) is 0 Å². The molecule has 1 aromatic carbocycles. The molecule has 2 aromatic heterocycles. The van der Waals surface area contributed by atoms with E-state index in [0.717, 1.165) is 36.8 Å². The fourth-order valence-electron chi connectivity index (χ4n) is 3.45. The van der Waals surface area contributed by atoms with Gasteiger partial charge in [-0.05, 0) is 36.4 Å². The van der Waals surface area contributed by atoms with E-state index in [1.54, 1.807) is 6.20 Å². The van der Waals surface area contributed by atoms with Crippen LogP contribution in [0.4, 0.5) is 0 Å². The first kappa shape index (κ1) is 15.3. The summed E-state index contributed by atoms with van der Waals surface area (Å²) in [4.78, 5) is 18.8. The summed E-state index contributed by atoms with van der Waals surface area (Å²) in [7, 11) is 0. The average Bonchev–Trinajstić information content (AvgIpc) is 3.25. The van der Waals surface area contributed by atoms with Gasteiger partial charge in [0, 0.05) is 42.2 Å². The lowest BCUT2D eigenvalue weighted by molar-refractivity contribution is -0.133. The van der Waals surface area contributed by atoms with E-state index in [1.165, 1.54) is 0 Å². The van der Waals surface area contributed by atoms with Gasteiger partial charge in [-0.15, -0.1) is 0 Å². The van der Waals surface area contributed by atoms with E-state index in [2.05, 4.69) is 9.55 Å². The maximum atomic E-state index is 12.8. The quantitative estimate of drug-likeness (QED) is 0.732. The van der Waals surface area contributed by atoms with E-state index < -0.39 is 0 Å². The number of imidazole rings is 1. The Morgan fingerprint density at radius 3 is 3.04 bits per heavy atom. The molecule has 3 aromatic rings. The normalized spacial score (nSPS) is 18.2. The first-order valence-electron chi connectivity index (χ1n) is 8.20. The molecule has 1 saturated heterocycles. The first-order chi connectivity index (χ1) is 11.7. The minimum Gasteiger partial charge on any atom is -0.339 e. The van der Waals surface area contributed by atoms with E-state index in [0.29, 0.717) is 17.6 Å². The number of hydrogen-bond acceptors (Lipinski definition) is 2. The van der Waals surface area contributed by atoms with Crippen LogP contribution in [-0.2, 0) is 11.3 Å². The molecule has 124 valence electrons. The summed E-state index contributed by atoms with van der Waals surface area (Å²) in [5, 5.41) is 1.79. The van der Waals surface area contributed by atoms with Gasteiger partial charge < -0.3 is 14.0 Å². The van der Waals surface area contributed by atoms with Gasteiger partial charge in [0.1, 0.15) is 6.54 Å². The third kappa shape index (κ3) is 2.91. The van der Waals surface area contributed by atoms with Crippen LogP contribution in [0.5, 0.6) is 0 Å². The first-order valence-corrected chi connectivity index (χ1v) is 8.58. The number of benzene rings is 1. The van der Waals surface area contributed by atoms with Crippen LogP contribution < -0.4 is 0 Å². The Morgan fingerprint density at radius 1 is 1.29 bits per heavy atom. The summed E-state index contributed by atoms with van der Waals surface area (Å²) in [5.41, 5.74) is 0.999. The van der Waals surface area contributed by atoms with Crippen LogP contribution in [0.1, 0.15) is 18.9 Å². The molecular formula is C18H19ClN4O. The molecule has 24 heavy (non-hydrogen) atoms. The molecule has 0 bridgehead atoms. The Kier molecular flexibility index (Phi) is 4.02. The number of aromatic nitrogens is 3. The summed E-state index contributed by atoms with van der Waals surface area (Å²) in [6.45, 7) is 1.92. The smallest absolute Gasteiger partial charge is 0.242 e. The van der Waals surface area contributed by atoms with Crippen molar-refractivity contribution in [1.82, 2.24) is 19.0 Å². The number of rotatable bonds is 3. The number of hydrogen-bond donors (Lipinski definition) is 0. The minimum absolute atomic E-state index is 0.150. The minimum atomic E-state index is 0.150. The number of amides is 1. The van der Waals surface area contributed by atoms with E-state index in [1.807, 2.05) is 52.5 Å². The van der Waals surface area contributed by atoms with Crippen molar-refractivity contribution < 1.29 is 4.79 Å². The molecule has 0 aliphatic carbocycles. The number of likely N-dealkylation sites (tertiary alicyclic amines) is 1. The number of fused-ring (bicyclic) bond motifs is 1. The van der Waals surface area contributed by atoms with Gasteiger partial charge in [-0.2, -0.15) is 0 Å². The molecule has 1 fully saturated rings. The molecule has 1 aliphatic heterocycles. The summed E-state index contributed by atoms with van der Waals surface area (Å²) < 4.78 is 4.08. The molecule has 0 radical (unpaired) electrons. The van der Waals surface area contributed by atoms with E-state index in [4.69, 9.17) is 11.6 Å². The van der Waals surface area contributed by atoms with Crippen LogP contribution in [-0.4, -0.2) is 38.0 Å². The van der Waals surface area contributed by atoms with Crippen molar-refractivity contribution >= 4 is 28.4 Å². The van der Waals surface area contributed by atoms with Crippen LogP contribution in [0.25, 0.3) is 10.9 Å². The van der Waals surface area contributed by atoms with Crippen molar-refractivity contribution in [2.45, 2.75) is 25.4 Å². The van der Waals surface area contributed by atoms with Gasteiger partial charge in [-0.1, -0.05) is 17.7 Å². The van der Waals surface area contributed by atoms with Crippen LogP contribution in [0.15, 0.2) is 49.2 Å². The molecule has 1 aliphatic rings. The number of piperidine rings is 1. The predicted octanol–water partition coefficient (Wildman–Crippen LogP) is 3.35. The lowest BCUT2D eigenvalue weighted by Gasteiger charge is -2.33. The molecule has 1 unspecified atom stereocenters. The topological polar surface area (TPSA) is 43.1 Å². The van der Waals surface area contributed by atoms with Crippen molar-refractivity contribution in [2.24, 2.45) is 0 Å².